The van der Waals surface area contributed by atoms with E-state index >= 15 is 0 Å². The number of rotatable bonds is 2. The Hall–Kier alpha value is -0.860. The lowest BCUT2D eigenvalue weighted by molar-refractivity contribution is 0.0307. The average molecular weight is 192 g/mol. The van der Waals surface area contributed by atoms with Crippen molar-refractivity contribution >= 4 is 0 Å². The molecule has 0 unspecified atom stereocenters. The second-order valence-electron chi connectivity index (χ2n) is 4.02. The van der Waals surface area contributed by atoms with E-state index in [-0.39, 0.29) is 12.0 Å². The summed E-state index contributed by atoms with van der Waals surface area (Å²) in [5.41, 5.74) is 0.915. The Kier molecular flexibility index (Phi) is 2.85. The maximum absolute atomic E-state index is 10.0. The van der Waals surface area contributed by atoms with Crippen LogP contribution in [-0.4, -0.2) is 16.3 Å². The number of aliphatic hydroxyl groups excluding tert-OH is 2. The first-order chi connectivity index (χ1) is 6.79. The minimum absolute atomic E-state index is 0.0254. The van der Waals surface area contributed by atoms with Crippen molar-refractivity contribution < 1.29 is 10.2 Å². The molecule has 0 aliphatic heterocycles. The molecule has 3 atom stereocenters. The summed E-state index contributed by atoms with van der Waals surface area (Å²) in [6.45, 7) is 0. The highest BCUT2D eigenvalue weighted by Gasteiger charge is 2.31. The lowest BCUT2D eigenvalue weighted by atomic mass is 9.93. The fraction of sp³-hybridized carbons (Fsp3) is 0.500. The van der Waals surface area contributed by atoms with Crippen molar-refractivity contribution in [1.29, 1.82) is 0 Å². The van der Waals surface area contributed by atoms with Gasteiger partial charge in [-0.2, -0.15) is 0 Å². The van der Waals surface area contributed by atoms with Gasteiger partial charge in [-0.25, -0.2) is 0 Å². The van der Waals surface area contributed by atoms with Crippen molar-refractivity contribution in [3.8, 4) is 0 Å². The standard InChI is InChI=1S/C12H16O2/c13-11-8-4-7-10(11)12(14)9-5-2-1-3-6-9/h1-3,5-6,10-14H,4,7-8H2/t10-,11-,12+/m0/s1. The predicted molar refractivity (Wildman–Crippen MR) is 54.7 cm³/mol. The highest BCUT2D eigenvalue weighted by atomic mass is 16.3. The molecule has 2 N–H and O–H groups in total. The molecular formula is C12H16O2. The molecule has 0 heterocycles. The van der Waals surface area contributed by atoms with Gasteiger partial charge in [-0.3, -0.25) is 0 Å². The van der Waals surface area contributed by atoms with Crippen molar-refractivity contribution in [2.75, 3.05) is 0 Å². The van der Waals surface area contributed by atoms with E-state index in [1.165, 1.54) is 0 Å². The summed E-state index contributed by atoms with van der Waals surface area (Å²) in [6, 6.07) is 9.59. The highest BCUT2D eigenvalue weighted by molar-refractivity contribution is 5.18. The zero-order valence-electron chi connectivity index (χ0n) is 8.13. The quantitative estimate of drug-likeness (QED) is 0.751. The molecule has 2 heteroatoms. The summed E-state index contributed by atoms with van der Waals surface area (Å²) in [6.07, 6.45) is 1.94. The predicted octanol–water partition coefficient (Wildman–Crippen LogP) is 1.88. The first kappa shape index (κ1) is 9.69. The molecule has 76 valence electrons. The van der Waals surface area contributed by atoms with E-state index in [4.69, 9.17) is 0 Å². The summed E-state index contributed by atoms with van der Waals surface area (Å²) < 4.78 is 0. The monoisotopic (exact) mass is 192 g/mol. The Morgan fingerprint density at radius 1 is 1.14 bits per heavy atom. The van der Waals surface area contributed by atoms with Crippen LogP contribution < -0.4 is 0 Å². The smallest absolute Gasteiger partial charge is 0.0842 e. The molecule has 0 saturated heterocycles. The highest BCUT2D eigenvalue weighted by Crippen LogP contribution is 2.35. The second-order valence-corrected chi connectivity index (χ2v) is 4.02. The summed E-state index contributed by atoms with van der Waals surface area (Å²) in [4.78, 5) is 0. The lowest BCUT2D eigenvalue weighted by Gasteiger charge is -2.21. The molecule has 0 aromatic heterocycles. The molecule has 1 aliphatic rings. The van der Waals surface area contributed by atoms with Gasteiger partial charge in [0.05, 0.1) is 12.2 Å². The third-order valence-corrected chi connectivity index (χ3v) is 3.08. The number of hydrogen-bond donors (Lipinski definition) is 2. The van der Waals surface area contributed by atoms with Crippen molar-refractivity contribution in [2.24, 2.45) is 5.92 Å². The summed E-state index contributed by atoms with van der Waals surface area (Å²) in [7, 11) is 0. The van der Waals surface area contributed by atoms with Gasteiger partial charge in [0.1, 0.15) is 0 Å². The van der Waals surface area contributed by atoms with Gasteiger partial charge in [0.2, 0.25) is 0 Å². The van der Waals surface area contributed by atoms with Crippen LogP contribution in [0.15, 0.2) is 30.3 Å². The summed E-state index contributed by atoms with van der Waals surface area (Å²) in [5.74, 6) is 0.0254. The molecule has 2 nitrogen and oxygen atoms in total. The van der Waals surface area contributed by atoms with Gasteiger partial charge >= 0.3 is 0 Å². The van der Waals surface area contributed by atoms with E-state index in [1.807, 2.05) is 30.3 Å². The van der Waals surface area contributed by atoms with Crippen molar-refractivity contribution in [2.45, 2.75) is 31.5 Å². The van der Waals surface area contributed by atoms with Gasteiger partial charge in [-0.15, -0.1) is 0 Å². The maximum atomic E-state index is 10.0. The molecular weight excluding hydrogens is 176 g/mol. The van der Waals surface area contributed by atoms with Crippen LogP contribution in [0.25, 0.3) is 0 Å². The lowest BCUT2D eigenvalue weighted by Crippen LogP contribution is -2.20. The van der Waals surface area contributed by atoms with Crippen molar-refractivity contribution in [1.82, 2.24) is 0 Å². The van der Waals surface area contributed by atoms with Gasteiger partial charge in [0, 0.05) is 5.92 Å². The van der Waals surface area contributed by atoms with Crippen molar-refractivity contribution in [3.05, 3.63) is 35.9 Å². The first-order valence-electron chi connectivity index (χ1n) is 5.20. The molecule has 14 heavy (non-hydrogen) atoms. The Balaban J connectivity index is 2.12. The molecule has 1 aliphatic carbocycles. The van der Waals surface area contributed by atoms with E-state index < -0.39 is 6.10 Å². The number of hydrogen-bond acceptors (Lipinski definition) is 2. The summed E-state index contributed by atoms with van der Waals surface area (Å²) in [5, 5.41) is 19.7. The molecule has 0 radical (unpaired) electrons. The van der Waals surface area contributed by atoms with Crippen LogP contribution in [0.1, 0.15) is 30.9 Å². The van der Waals surface area contributed by atoms with Gasteiger partial charge < -0.3 is 10.2 Å². The molecule has 0 amide bonds. The number of aliphatic hydroxyl groups is 2. The van der Waals surface area contributed by atoms with Crippen molar-refractivity contribution in [3.63, 3.8) is 0 Å². The minimum atomic E-state index is -0.506. The van der Waals surface area contributed by atoms with Gasteiger partial charge in [0.25, 0.3) is 0 Å². The van der Waals surface area contributed by atoms with E-state index in [0.717, 1.165) is 24.8 Å². The molecule has 1 aromatic carbocycles. The molecule has 0 bridgehead atoms. The molecule has 0 spiro atoms. The molecule has 1 aromatic rings. The molecule has 2 rings (SSSR count). The van der Waals surface area contributed by atoms with Crippen LogP contribution in [-0.2, 0) is 0 Å². The van der Waals surface area contributed by atoms with E-state index in [1.54, 1.807) is 0 Å². The molecule has 1 saturated carbocycles. The Morgan fingerprint density at radius 3 is 2.43 bits per heavy atom. The van der Waals surface area contributed by atoms with E-state index in [2.05, 4.69) is 0 Å². The van der Waals surface area contributed by atoms with Crippen LogP contribution in [0, 0.1) is 5.92 Å². The third kappa shape index (κ3) is 1.81. The Labute approximate surface area is 84.2 Å². The normalized spacial score (nSPS) is 29.0. The van der Waals surface area contributed by atoms with Crippen LogP contribution >= 0.6 is 0 Å². The topological polar surface area (TPSA) is 40.5 Å². The van der Waals surface area contributed by atoms with Crippen LogP contribution in [0.2, 0.25) is 0 Å². The Morgan fingerprint density at radius 2 is 1.86 bits per heavy atom. The van der Waals surface area contributed by atoms with Crippen LogP contribution in [0.5, 0.6) is 0 Å². The third-order valence-electron chi connectivity index (χ3n) is 3.08. The van der Waals surface area contributed by atoms with Crippen LogP contribution in [0.3, 0.4) is 0 Å². The largest absolute Gasteiger partial charge is 0.393 e. The van der Waals surface area contributed by atoms with Gasteiger partial charge in [-0.1, -0.05) is 36.8 Å². The molecule has 1 fully saturated rings. The van der Waals surface area contributed by atoms with Gasteiger partial charge in [0.15, 0.2) is 0 Å². The van der Waals surface area contributed by atoms with Crippen LogP contribution in [0.4, 0.5) is 0 Å². The zero-order valence-corrected chi connectivity index (χ0v) is 8.13. The second kappa shape index (κ2) is 4.11. The summed E-state index contributed by atoms with van der Waals surface area (Å²) >= 11 is 0. The van der Waals surface area contributed by atoms with E-state index in [0.29, 0.717) is 0 Å². The average Bonchev–Trinajstić information content (AvgIpc) is 2.65. The maximum Gasteiger partial charge on any atom is 0.0842 e. The first-order valence-corrected chi connectivity index (χ1v) is 5.20. The number of benzene rings is 1. The van der Waals surface area contributed by atoms with E-state index in [9.17, 15) is 10.2 Å². The Bertz CT molecular complexity index is 284. The zero-order chi connectivity index (χ0) is 9.97. The SMILES string of the molecule is O[C@H](c1ccccc1)[C@H]1CCC[C@@H]1O. The fourth-order valence-electron chi connectivity index (χ4n) is 2.23. The minimum Gasteiger partial charge on any atom is -0.393 e. The van der Waals surface area contributed by atoms with Gasteiger partial charge in [-0.05, 0) is 18.4 Å². The fourth-order valence-corrected chi connectivity index (χ4v) is 2.23.